The van der Waals surface area contributed by atoms with E-state index in [4.69, 9.17) is 14.2 Å². The summed E-state index contributed by atoms with van der Waals surface area (Å²) in [6.07, 6.45) is 5.99. The number of ether oxygens (including phenoxy) is 1. The molecule has 1 aromatic carbocycles. The normalized spacial score (nSPS) is 20.3. The summed E-state index contributed by atoms with van der Waals surface area (Å²) < 4.78 is 11.7. The molecule has 2 aliphatic rings. The minimum atomic E-state index is 0.517. The van der Waals surface area contributed by atoms with Crippen molar-refractivity contribution < 1.29 is 9.26 Å². The largest absolute Gasteiger partial charge is 0.477 e. The van der Waals surface area contributed by atoms with E-state index in [-0.39, 0.29) is 0 Å². The molecule has 1 N–H and O–H groups in total. The van der Waals surface area contributed by atoms with E-state index in [1.165, 1.54) is 6.42 Å². The van der Waals surface area contributed by atoms with Crippen LogP contribution in [0.1, 0.15) is 24.1 Å². The number of hydrogen-bond acceptors (Lipinski definition) is 8. The van der Waals surface area contributed by atoms with Gasteiger partial charge in [-0.1, -0.05) is 23.4 Å². The number of piperazine rings is 1. The number of rotatable bonds is 7. The van der Waals surface area contributed by atoms with Gasteiger partial charge in [0.2, 0.25) is 5.88 Å². The number of anilines is 2. The van der Waals surface area contributed by atoms with Gasteiger partial charge in [0, 0.05) is 62.3 Å². The Morgan fingerprint density at radius 3 is 2.94 bits per heavy atom. The lowest BCUT2D eigenvalue weighted by atomic mass is 9.91. The van der Waals surface area contributed by atoms with E-state index in [1.54, 1.807) is 6.20 Å². The number of piperidine rings is 1. The molecule has 5 heterocycles. The second kappa shape index (κ2) is 10.1. The van der Waals surface area contributed by atoms with Gasteiger partial charge in [-0.3, -0.25) is 9.88 Å². The second-order valence-corrected chi connectivity index (χ2v) is 9.86. The molecular weight excluding hydrogens is 452 g/mol. The molecule has 2 fully saturated rings. The second-order valence-electron chi connectivity index (χ2n) is 9.86. The van der Waals surface area contributed by atoms with E-state index < -0.39 is 0 Å². The fourth-order valence-electron chi connectivity index (χ4n) is 5.38. The van der Waals surface area contributed by atoms with E-state index in [2.05, 4.69) is 31.3 Å². The minimum Gasteiger partial charge on any atom is -0.477 e. The maximum absolute atomic E-state index is 6.16. The van der Waals surface area contributed by atoms with Gasteiger partial charge in [-0.2, -0.15) is 0 Å². The highest BCUT2D eigenvalue weighted by Gasteiger charge is 2.34. The SMILES string of the molecule is Cc1cnccc1NCc1cccc(OCC2CCC3CN(c4noc5ccccc45)CCN3C2)n1. The lowest BCUT2D eigenvalue weighted by Gasteiger charge is -2.46. The Balaban J connectivity index is 1.01. The summed E-state index contributed by atoms with van der Waals surface area (Å²) in [7, 11) is 0. The Morgan fingerprint density at radius 2 is 2.00 bits per heavy atom. The molecule has 6 rings (SSSR count). The Hall–Kier alpha value is -3.65. The molecule has 0 amide bonds. The van der Waals surface area contributed by atoms with Crippen LogP contribution in [0.5, 0.6) is 5.88 Å². The van der Waals surface area contributed by atoms with Crippen LogP contribution in [0.3, 0.4) is 0 Å². The van der Waals surface area contributed by atoms with Crippen molar-refractivity contribution in [1.82, 2.24) is 20.0 Å². The summed E-state index contributed by atoms with van der Waals surface area (Å²) in [4.78, 5) is 13.9. The fourth-order valence-corrected chi connectivity index (χ4v) is 5.38. The predicted octanol–water partition coefficient (Wildman–Crippen LogP) is 4.52. The van der Waals surface area contributed by atoms with Crippen molar-refractivity contribution in [2.75, 3.05) is 43.0 Å². The van der Waals surface area contributed by atoms with Crippen LogP contribution >= 0.6 is 0 Å². The smallest absolute Gasteiger partial charge is 0.213 e. The molecule has 2 atom stereocenters. The van der Waals surface area contributed by atoms with Crippen molar-refractivity contribution >= 4 is 22.5 Å². The molecular formula is C28H32N6O2. The first-order valence-electron chi connectivity index (χ1n) is 12.8. The van der Waals surface area contributed by atoms with Gasteiger partial charge in [-0.05, 0) is 49.6 Å². The van der Waals surface area contributed by atoms with Crippen LogP contribution < -0.4 is 15.0 Å². The molecule has 0 radical (unpaired) electrons. The van der Waals surface area contributed by atoms with Gasteiger partial charge in [0.05, 0.1) is 24.2 Å². The first kappa shape index (κ1) is 22.8. The van der Waals surface area contributed by atoms with Crippen LogP contribution in [0.2, 0.25) is 0 Å². The van der Waals surface area contributed by atoms with E-state index >= 15 is 0 Å². The van der Waals surface area contributed by atoms with Crippen molar-refractivity contribution in [1.29, 1.82) is 0 Å². The van der Waals surface area contributed by atoms with Gasteiger partial charge < -0.3 is 19.5 Å². The molecule has 186 valence electrons. The zero-order chi connectivity index (χ0) is 24.3. The van der Waals surface area contributed by atoms with Crippen molar-refractivity contribution in [3.05, 3.63) is 72.2 Å². The third-order valence-corrected chi connectivity index (χ3v) is 7.39. The zero-order valence-electron chi connectivity index (χ0n) is 20.6. The van der Waals surface area contributed by atoms with E-state index in [1.807, 2.05) is 55.6 Å². The molecule has 8 heteroatoms. The molecule has 0 aliphatic carbocycles. The number of fused-ring (bicyclic) bond motifs is 2. The third-order valence-electron chi connectivity index (χ3n) is 7.39. The Morgan fingerprint density at radius 1 is 1.06 bits per heavy atom. The molecule has 0 bridgehead atoms. The van der Waals surface area contributed by atoms with Crippen LogP contribution in [0.15, 0.2) is 65.4 Å². The minimum absolute atomic E-state index is 0.517. The van der Waals surface area contributed by atoms with Crippen LogP contribution in [0.25, 0.3) is 11.0 Å². The van der Waals surface area contributed by atoms with Gasteiger partial charge in [-0.25, -0.2) is 4.98 Å². The molecule has 2 saturated heterocycles. The first-order chi connectivity index (χ1) is 17.7. The highest BCUT2D eigenvalue weighted by molar-refractivity contribution is 5.88. The van der Waals surface area contributed by atoms with Gasteiger partial charge in [0.15, 0.2) is 11.4 Å². The van der Waals surface area contributed by atoms with Crippen LogP contribution in [0.4, 0.5) is 11.5 Å². The van der Waals surface area contributed by atoms with Crippen LogP contribution in [-0.4, -0.2) is 58.9 Å². The quantitative estimate of drug-likeness (QED) is 0.410. The summed E-state index contributed by atoms with van der Waals surface area (Å²) in [6, 6.07) is 16.7. The molecule has 36 heavy (non-hydrogen) atoms. The molecule has 0 spiro atoms. The van der Waals surface area contributed by atoms with Crippen molar-refractivity contribution in [3.63, 3.8) is 0 Å². The predicted molar refractivity (Wildman–Crippen MR) is 140 cm³/mol. The summed E-state index contributed by atoms with van der Waals surface area (Å²) in [5.41, 5.74) is 4.02. The van der Waals surface area contributed by atoms with E-state index in [0.29, 0.717) is 31.0 Å². The number of nitrogens with zero attached hydrogens (tertiary/aromatic N) is 5. The zero-order valence-corrected chi connectivity index (χ0v) is 20.6. The summed E-state index contributed by atoms with van der Waals surface area (Å²) in [5, 5.41) is 8.92. The Bertz CT molecular complexity index is 1320. The number of aryl methyl sites for hydroxylation is 1. The fraction of sp³-hybridized carbons (Fsp3) is 0.393. The summed E-state index contributed by atoms with van der Waals surface area (Å²) in [6.45, 7) is 7.47. The van der Waals surface area contributed by atoms with E-state index in [0.717, 1.165) is 66.3 Å². The maximum Gasteiger partial charge on any atom is 0.213 e. The number of aromatic nitrogens is 3. The van der Waals surface area contributed by atoms with Crippen molar-refractivity contribution in [2.24, 2.45) is 5.92 Å². The van der Waals surface area contributed by atoms with E-state index in [9.17, 15) is 0 Å². The molecule has 0 saturated carbocycles. The summed E-state index contributed by atoms with van der Waals surface area (Å²) in [5.74, 6) is 2.20. The van der Waals surface area contributed by atoms with Crippen molar-refractivity contribution in [3.8, 4) is 5.88 Å². The van der Waals surface area contributed by atoms with Gasteiger partial charge in [0.25, 0.3) is 0 Å². The van der Waals surface area contributed by atoms with Crippen molar-refractivity contribution in [2.45, 2.75) is 32.4 Å². The topological polar surface area (TPSA) is 79.6 Å². The number of pyridine rings is 2. The molecule has 2 unspecified atom stereocenters. The number of hydrogen-bond donors (Lipinski definition) is 1. The highest BCUT2D eigenvalue weighted by Crippen LogP contribution is 2.31. The molecule has 2 aliphatic heterocycles. The van der Waals surface area contributed by atoms with Crippen LogP contribution in [-0.2, 0) is 6.54 Å². The van der Waals surface area contributed by atoms with Gasteiger partial charge in [-0.15, -0.1) is 0 Å². The highest BCUT2D eigenvalue weighted by atomic mass is 16.5. The molecule has 4 aromatic rings. The van der Waals surface area contributed by atoms with Crippen LogP contribution in [0, 0.1) is 12.8 Å². The standard InChI is InChI=1S/C28H32N6O2/c1-20-15-29-12-11-25(20)30-16-22-5-4-8-27(31-22)35-19-21-9-10-23-18-34(14-13-33(23)17-21)28-24-6-2-3-7-26(24)36-32-28/h2-8,11-12,15,21,23H,9-10,13-14,16-19H2,1H3,(H,29,30). The monoisotopic (exact) mass is 484 g/mol. The maximum atomic E-state index is 6.16. The number of para-hydroxylation sites is 1. The summed E-state index contributed by atoms with van der Waals surface area (Å²) >= 11 is 0. The van der Waals surface area contributed by atoms with Gasteiger partial charge in [0.1, 0.15) is 0 Å². The Kier molecular flexibility index (Phi) is 6.42. The third kappa shape index (κ3) is 4.86. The molecule has 8 nitrogen and oxygen atoms in total. The molecule has 3 aromatic heterocycles. The average Bonchev–Trinajstić information content (AvgIpc) is 3.36. The number of benzene rings is 1. The first-order valence-corrected chi connectivity index (χ1v) is 12.8. The van der Waals surface area contributed by atoms with Gasteiger partial charge >= 0.3 is 0 Å². The lowest BCUT2D eigenvalue weighted by Crippen LogP contribution is -2.57. The lowest BCUT2D eigenvalue weighted by molar-refractivity contribution is 0.0716. The number of nitrogens with one attached hydrogen (secondary N) is 1. The Labute approximate surface area is 211 Å². The average molecular weight is 485 g/mol.